The number of aliphatic imine (C=N–C) groups is 1. The Labute approximate surface area is 92.1 Å². The zero-order chi connectivity index (χ0) is 9.97. The molecule has 2 aliphatic rings. The Morgan fingerprint density at radius 2 is 2.29 bits per heavy atom. The molecule has 0 bridgehead atoms. The molecule has 1 saturated heterocycles. The van der Waals surface area contributed by atoms with Crippen LogP contribution in [0.2, 0.25) is 0 Å². The summed E-state index contributed by atoms with van der Waals surface area (Å²) in [5.74, 6) is 0.962. The summed E-state index contributed by atoms with van der Waals surface area (Å²) in [4.78, 5) is 6.77. The van der Waals surface area contributed by atoms with E-state index in [2.05, 4.69) is 38.1 Å². The van der Waals surface area contributed by atoms with Crippen LogP contribution in [0, 0.1) is 0 Å². The van der Waals surface area contributed by atoms with Crippen molar-refractivity contribution < 1.29 is 4.74 Å². The molecule has 0 spiro atoms. The molecule has 78 valence electrons. The first-order chi connectivity index (χ1) is 6.77. The number of nitrogens with one attached hydrogen (secondary N) is 1. The summed E-state index contributed by atoms with van der Waals surface area (Å²) in [5.41, 5.74) is 0. The number of hydrogen-bond acceptors (Lipinski definition) is 4. The highest BCUT2D eigenvalue weighted by atomic mass is 79.9. The predicted octanol–water partition coefficient (Wildman–Crippen LogP) is 0.903. The lowest BCUT2D eigenvalue weighted by atomic mass is 10.3. The van der Waals surface area contributed by atoms with Crippen molar-refractivity contribution in [2.75, 3.05) is 26.3 Å². The van der Waals surface area contributed by atoms with E-state index in [1.807, 2.05) is 6.20 Å². The van der Waals surface area contributed by atoms with Crippen molar-refractivity contribution in [3.8, 4) is 0 Å². The van der Waals surface area contributed by atoms with Gasteiger partial charge in [-0.25, -0.2) is 4.99 Å². The number of rotatable bonds is 0. The standard InChI is InChI=1S/C9H14BrN3O/c1-7-8(10)6-11-9(12-7)13-2-4-14-5-3-13/h6-7H,2-5H2,1H3,(H,11,12). The topological polar surface area (TPSA) is 36.9 Å². The molecule has 0 aliphatic carbocycles. The Morgan fingerprint density at radius 1 is 1.57 bits per heavy atom. The summed E-state index contributed by atoms with van der Waals surface area (Å²) >= 11 is 3.45. The summed E-state index contributed by atoms with van der Waals surface area (Å²) < 4.78 is 6.38. The molecule has 14 heavy (non-hydrogen) atoms. The molecular weight excluding hydrogens is 246 g/mol. The molecule has 0 aromatic rings. The van der Waals surface area contributed by atoms with Crippen LogP contribution in [0.4, 0.5) is 0 Å². The Hall–Kier alpha value is -0.550. The zero-order valence-corrected chi connectivity index (χ0v) is 9.75. The first-order valence-corrected chi connectivity index (χ1v) is 5.59. The summed E-state index contributed by atoms with van der Waals surface area (Å²) in [6.45, 7) is 5.50. The number of halogens is 1. The first kappa shape index (κ1) is 9.98. The molecule has 2 aliphatic heterocycles. The van der Waals surface area contributed by atoms with Gasteiger partial charge < -0.3 is 15.0 Å². The average Bonchev–Trinajstić information content (AvgIpc) is 2.23. The fraction of sp³-hybridized carbons (Fsp3) is 0.667. The lowest BCUT2D eigenvalue weighted by molar-refractivity contribution is 0.0666. The molecule has 2 rings (SSSR count). The summed E-state index contributed by atoms with van der Waals surface area (Å²) in [5, 5.41) is 3.18. The summed E-state index contributed by atoms with van der Waals surface area (Å²) in [6, 6.07) is 0.217. The van der Waals surface area contributed by atoms with Crippen LogP contribution in [-0.4, -0.2) is 43.2 Å². The smallest absolute Gasteiger partial charge is 0.198 e. The van der Waals surface area contributed by atoms with Crippen LogP contribution >= 0.6 is 15.9 Å². The number of ether oxygens (including phenoxy) is 1. The van der Waals surface area contributed by atoms with Crippen LogP contribution in [-0.2, 0) is 4.74 Å². The zero-order valence-electron chi connectivity index (χ0n) is 8.16. The maximum atomic E-state index is 5.29. The van der Waals surface area contributed by atoms with E-state index in [0.717, 1.165) is 36.7 Å². The second-order valence-corrected chi connectivity index (χ2v) is 4.32. The Balaban J connectivity index is 2.01. The number of morpholine rings is 1. The van der Waals surface area contributed by atoms with Crippen molar-refractivity contribution >= 4 is 21.9 Å². The Bertz CT molecular complexity index is 271. The van der Waals surface area contributed by atoms with Crippen LogP contribution in [0.3, 0.4) is 0 Å². The van der Waals surface area contributed by atoms with Gasteiger partial charge in [-0.2, -0.15) is 0 Å². The minimum Gasteiger partial charge on any atom is -0.378 e. The largest absolute Gasteiger partial charge is 0.378 e. The third-order valence-corrected chi connectivity index (χ3v) is 3.26. The molecule has 5 heteroatoms. The average molecular weight is 260 g/mol. The van der Waals surface area contributed by atoms with Crippen molar-refractivity contribution in [1.29, 1.82) is 0 Å². The van der Waals surface area contributed by atoms with E-state index in [9.17, 15) is 0 Å². The maximum absolute atomic E-state index is 5.29. The highest BCUT2D eigenvalue weighted by Gasteiger charge is 2.18. The van der Waals surface area contributed by atoms with Crippen molar-refractivity contribution in [3.63, 3.8) is 0 Å². The fourth-order valence-corrected chi connectivity index (χ4v) is 1.70. The minimum atomic E-state index is 0.217. The number of nitrogens with zero attached hydrogens (tertiary/aromatic N) is 2. The van der Waals surface area contributed by atoms with Crippen molar-refractivity contribution in [2.45, 2.75) is 13.0 Å². The van der Waals surface area contributed by atoms with Gasteiger partial charge in [0.15, 0.2) is 5.96 Å². The molecule has 0 aromatic heterocycles. The summed E-state index contributed by atoms with van der Waals surface area (Å²) in [7, 11) is 0. The van der Waals surface area contributed by atoms with Gasteiger partial charge >= 0.3 is 0 Å². The van der Waals surface area contributed by atoms with Crippen LogP contribution in [0.15, 0.2) is 15.7 Å². The summed E-state index contributed by atoms with van der Waals surface area (Å²) in [6.07, 6.45) is 1.96. The Morgan fingerprint density at radius 3 is 2.93 bits per heavy atom. The van der Waals surface area contributed by atoms with Crippen LogP contribution < -0.4 is 5.32 Å². The normalized spacial score (nSPS) is 27.9. The molecule has 0 saturated carbocycles. The lowest BCUT2D eigenvalue weighted by Crippen LogP contribution is -2.47. The number of guanidine groups is 1. The van der Waals surface area contributed by atoms with Gasteiger partial charge in [-0.15, -0.1) is 0 Å². The monoisotopic (exact) mass is 259 g/mol. The van der Waals surface area contributed by atoms with Crippen LogP contribution in [0.1, 0.15) is 6.92 Å². The molecule has 1 unspecified atom stereocenters. The van der Waals surface area contributed by atoms with Crippen LogP contribution in [0.5, 0.6) is 0 Å². The van der Waals surface area contributed by atoms with Crippen molar-refractivity contribution in [3.05, 3.63) is 10.7 Å². The van der Waals surface area contributed by atoms with E-state index >= 15 is 0 Å². The second-order valence-electron chi connectivity index (χ2n) is 3.40. The molecule has 0 aromatic carbocycles. The van der Waals surface area contributed by atoms with Crippen molar-refractivity contribution in [2.24, 2.45) is 4.99 Å². The van der Waals surface area contributed by atoms with Gasteiger partial charge in [0.1, 0.15) is 0 Å². The Kier molecular flexibility index (Phi) is 3.08. The number of hydrogen-bond donors (Lipinski definition) is 1. The molecular formula is C9H14BrN3O. The van der Waals surface area contributed by atoms with Gasteiger partial charge in [0.25, 0.3) is 0 Å². The van der Waals surface area contributed by atoms with Crippen molar-refractivity contribution in [1.82, 2.24) is 10.2 Å². The van der Waals surface area contributed by atoms with E-state index in [0.29, 0.717) is 0 Å². The van der Waals surface area contributed by atoms with E-state index < -0.39 is 0 Å². The molecule has 1 atom stereocenters. The molecule has 1 fully saturated rings. The van der Waals surface area contributed by atoms with E-state index in [1.165, 1.54) is 0 Å². The van der Waals surface area contributed by atoms with Gasteiger partial charge in [-0.3, -0.25) is 0 Å². The molecule has 1 N–H and O–H groups in total. The highest BCUT2D eigenvalue weighted by Crippen LogP contribution is 2.16. The first-order valence-electron chi connectivity index (χ1n) is 4.80. The molecule has 0 amide bonds. The molecule has 4 nitrogen and oxygen atoms in total. The third kappa shape index (κ3) is 2.09. The minimum absolute atomic E-state index is 0.217. The lowest BCUT2D eigenvalue weighted by Gasteiger charge is -2.31. The SMILES string of the molecule is CC1N=C(N2CCOCC2)NC=C1Br. The van der Waals surface area contributed by atoms with Gasteiger partial charge in [-0.1, -0.05) is 15.9 Å². The van der Waals surface area contributed by atoms with E-state index in [4.69, 9.17) is 4.74 Å². The van der Waals surface area contributed by atoms with E-state index in [-0.39, 0.29) is 6.04 Å². The van der Waals surface area contributed by atoms with Gasteiger partial charge in [0.2, 0.25) is 0 Å². The van der Waals surface area contributed by atoms with Gasteiger partial charge in [-0.05, 0) is 6.92 Å². The fourth-order valence-electron chi connectivity index (χ4n) is 1.48. The van der Waals surface area contributed by atoms with Gasteiger partial charge in [0, 0.05) is 23.8 Å². The predicted molar refractivity (Wildman–Crippen MR) is 59.4 cm³/mol. The third-order valence-electron chi connectivity index (χ3n) is 2.36. The quantitative estimate of drug-likeness (QED) is 0.703. The second kappa shape index (κ2) is 4.31. The maximum Gasteiger partial charge on any atom is 0.198 e. The van der Waals surface area contributed by atoms with E-state index in [1.54, 1.807) is 0 Å². The highest BCUT2D eigenvalue weighted by molar-refractivity contribution is 9.11. The molecule has 2 heterocycles. The molecule has 0 radical (unpaired) electrons. The van der Waals surface area contributed by atoms with Gasteiger partial charge in [0.05, 0.1) is 19.3 Å². The van der Waals surface area contributed by atoms with Crippen LogP contribution in [0.25, 0.3) is 0 Å².